The molecule has 0 amide bonds. The molecule has 0 heterocycles. The molecule has 2 N–H and O–H groups in total. The molecule has 0 aliphatic heterocycles. The van der Waals surface area contributed by atoms with Crippen molar-refractivity contribution in [3.63, 3.8) is 0 Å². The Kier molecular flexibility index (Phi) is 4.55. The van der Waals surface area contributed by atoms with Crippen LogP contribution in [0.3, 0.4) is 0 Å². The van der Waals surface area contributed by atoms with Crippen molar-refractivity contribution >= 4 is 29.0 Å². The lowest BCUT2D eigenvalue weighted by Crippen LogP contribution is -2.10. The predicted octanol–water partition coefficient (Wildman–Crippen LogP) is 1.03. The topological polar surface area (TPSA) is 26.0 Å². The number of hydrogen-bond donors (Lipinski definition) is 1. The maximum absolute atomic E-state index is 5.19. The molecule has 42 valence electrons. The van der Waals surface area contributed by atoms with Gasteiger partial charge >= 0.3 is 0 Å². The number of thiocarbonyl (C=S) groups is 1. The molecule has 0 fully saturated rings. The Morgan fingerprint density at radius 3 is 2.57 bits per heavy atom. The minimum absolute atomic E-state index is 0.604. The van der Waals surface area contributed by atoms with Gasteiger partial charge in [0, 0.05) is 5.75 Å². The molecule has 0 spiro atoms. The molecule has 1 nitrogen and oxygen atoms in total. The second kappa shape index (κ2) is 4.40. The highest BCUT2D eigenvalue weighted by Crippen LogP contribution is 1.95. The van der Waals surface area contributed by atoms with E-state index in [1.165, 1.54) is 0 Å². The average Bonchev–Trinajstić information content (AvgIpc) is 1.61. The van der Waals surface area contributed by atoms with E-state index in [4.69, 9.17) is 5.73 Å². The first kappa shape index (κ1) is 7.24. The average molecular weight is 135 g/mol. The molecule has 0 aromatic rings. The van der Waals surface area contributed by atoms with E-state index in [-0.39, 0.29) is 0 Å². The zero-order chi connectivity index (χ0) is 5.70. The fourth-order valence-corrected chi connectivity index (χ4v) is 0.858. The molecule has 0 aliphatic carbocycles. The zero-order valence-electron chi connectivity index (χ0n) is 4.31. The fraction of sp³-hybridized carbons (Fsp3) is 0.750. The van der Waals surface area contributed by atoms with E-state index < -0.39 is 0 Å². The molecule has 0 aromatic heterocycles. The number of rotatable bonds is 3. The maximum atomic E-state index is 5.19. The zero-order valence-corrected chi connectivity index (χ0v) is 5.94. The van der Waals surface area contributed by atoms with Crippen LogP contribution < -0.4 is 5.73 Å². The Morgan fingerprint density at radius 2 is 2.43 bits per heavy atom. The van der Waals surface area contributed by atoms with E-state index in [1.807, 2.05) is 0 Å². The van der Waals surface area contributed by atoms with Gasteiger partial charge in [0.1, 0.15) is 0 Å². The molecular weight excluding hydrogens is 126 g/mol. The third kappa shape index (κ3) is 6.24. The van der Waals surface area contributed by atoms with Gasteiger partial charge in [-0.1, -0.05) is 19.1 Å². The van der Waals surface area contributed by atoms with Crippen molar-refractivity contribution in [3.05, 3.63) is 0 Å². The Hall–Kier alpha value is 0.240. The van der Waals surface area contributed by atoms with Crippen molar-refractivity contribution in [3.8, 4) is 0 Å². The van der Waals surface area contributed by atoms with Crippen LogP contribution in [0.25, 0.3) is 0 Å². The van der Waals surface area contributed by atoms with Gasteiger partial charge in [-0.05, 0) is 5.75 Å². The minimum Gasteiger partial charge on any atom is -0.393 e. The molecule has 7 heavy (non-hydrogen) atoms. The molecule has 3 heteroatoms. The highest BCUT2D eigenvalue weighted by atomic mass is 32.2. The van der Waals surface area contributed by atoms with Gasteiger partial charge in [0.05, 0.1) is 4.99 Å². The molecule has 0 aromatic carbocycles. The van der Waals surface area contributed by atoms with E-state index in [0.29, 0.717) is 4.99 Å². The van der Waals surface area contributed by atoms with E-state index in [2.05, 4.69) is 19.1 Å². The number of thioether (sulfide) groups is 1. The van der Waals surface area contributed by atoms with Gasteiger partial charge in [-0.15, -0.1) is 0 Å². The summed E-state index contributed by atoms with van der Waals surface area (Å²) in [5.41, 5.74) is 5.19. The third-order valence-electron chi connectivity index (χ3n) is 0.448. The predicted molar refractivity (Wildman–Crippen MR) is 39.8 cm³/mol. The molecule has 0 unspecified atom stereocenters. The molecule has 0 rings (SSSR count). The van der Waals surface area contributed by atoms with Gasteiger partial charge in [-0.2, -0.15) is 11.8 Å². The lowest BCUT2D eigenvalue weighted by molar-refractivity contribution is 1.52. The summed E-state index contributed by atoms with van der Waals surface area (Å²) in [6.45, 7) is 2.09. The van der Waals surface area contributed by atoms with Crippen LogP contribution in [0.5, 0.6) is 0 Å². The van der Waals surface area contributed by atoms with Gasteiger partial charge in [-0.3, -0.25) is 0 Å². The lowest BCUT2D eigenvalue weighted by Gasteiger charge is -1.90. The highest BCUT2D eigenvalue weighted by molar-refractivity contribution is 8.01. The van der Waals surface area contributed by atoms with Crippen LogP contribution in [0.15, 0.2) is 0 Å². The molecule has 0 aliphatic rings. The van der Waals surface area contributed by atoms with Crippen LogP contribution in [0.1, 0.15) is 6.92 Å². The van der Waals surface area contributed by atoms with E-state index in [1.54, 1.807) is 11.8 Å². The van der Waals surface area contributed by atoms with E-state index >= 15 is 0 Å². The maximum Gasteiger partial charge on any atom is 0.0827 e. The first-order chi connectivity index (χ1) is 3.27. The van der Waals surface area contributed by atoms with Gasteiger partial charge in [0.25, 0.3) is 0 Å². The van der Waals surface area contributed by atoms with Crippen molar-refractivity contribution in [2.75, 3.05) is 11.5 Å². The Morgan fingerprint density at radius 1 is 1.86 bits per heavy atom. The number of hydrogen-bond acceptors (Lipinski definition) is 2. The number of nitrogens with two attached hydrogens (primary N) is 1. The Labute approximate surface area is 53.7 Å². The normalized spacial score (nSPS) is 8.71. The largest absolute Gasteiger partial charge is 0.393 e. The monoisotopic (exact) mass is 135 g/mol. The summed E-state index contributed by atoms with van der Waals surface area (Å²) >= 11 is 6.37. The van der Waals surface area contributed by atoms with Crippen LogP contribution >= 0.6 is 24.0 Å². The van der Waals surface area contributed by atoms with Crippen molar-refractivity contribution in [2.24, 2.45) is 5.73 Å². The van der Waals surface area contributed by atoms with Gasteiger partial charge in [-0.25, -0.2) is 0 Å². The van der Waals surface area contributed by atoms with E-state index in [9.17, 15) is 0 Å². The van der Waals surface area contributed by atoms with Crippen LogP contribution in [-0.2, 0) is 0 Å². The first-order valence-corrected chi connectivity index (χ1v) is 3.69. The van der Waals surface area contributed by atoms with Gasteiger partial charge in [0.15, 0.2) is 0 Å². The molecule has 0 atom stereocenters. The molecular formula is C4H9NS2. The van der Waals surface area contributed by atoms with Crippen LogP contribution in [-0.4, -0.2) is 16.5 Å². The molecule has 0 bridgehead atoms. The van der Waals surface area contributed by atoms with Gasteiger partial charge in [0.2, 0.25) is 0 Å². The Balaban J connectivity index is 2.82. The standard InChI is InChI=1S/C4H9NS2/c1-2-7-3-4(5)6/h2-3H2,1H3,(H2,5,6). The Bertz CT molecular complexity index is 62.7. The smallest absolute Gasteiger partial charge is 0.0827 e. The van der Waals surface area contributed by atoms with Gasteiger partial charge < -0.3 is 5.73 Å². The first-order valence-electron chi connectivity index (χ1n) is 2.13. The quantitative estimate of drug-likeness (QED) is 0.585. The minimum atomic E-state index is 0.604. The second-order valence-corrected chi connectivity index (χ2v) is 2.90. The summed E-state index contributed by atoms with van der Waals surface area (Å²) in [6.07, 6.45) is 0. The van der Waals surface area contributed by atoms with Crippen LogP contribution in [0.4, 0.5) is 0 Å². The third-order valence-corrected chi connectivity index (χ3v) is 1.70. The molecule has 0 saturated carbocycles. The van der Waals surface area contributed by atoms with Crippen molar-refractivity contribution < 1.29 is 0 Å². The summed E-state index contributed by atoms with van der Waals surface area (Å²) in [6, 6.07) is 0. The highest BCUT2D eigenvalue weighted by Gasteiger charge is 1.83. The lowest BCUT2D eigenvalue weighted by atomic mass is 10.8. The fourth-order valence-electron chi connectivity index (χ4n) is 0.203. The van der Waals surface area contributed by atoms with Crippen molar-refractivity contribution in [1.29, 1.82) is 0 Å². The summed E-state index contributed by atoms with van der Waals surface area (Å²) in [5, 5.41) is 0. The molecule has 0 saturated heterocycles. The van der Waals surface area contributed by atoms with Crippen LogP contribution in [0.2, 0.25) is 0 Å². The van der Waals surface area contributed by atoms with Crippen molar-refractivity contribution in [1.82, 2.24) is 0 Å². The van der Waals surface area contributed by atoms with Crippen LogP contribution in [0, 0.1) is 0 Å². The second-order valence-electron chi connectivity index (χ2n) is 1.10. The summed E-state index contributed by atoms with van der Waals surface area (Å²) in [5.74, 6) is 1.92. The summed E-state index contributed by atoms with van der Waals surface area (Å²) in [7, 11) is 0. The SMILES string of the molecule is CCSCC(N)=S. The van der Waals surface area contributed by atoms with Crippen molar-refractivity contribution in [2.45, 2.75) is 6.92 Å². The summed E-state index contributed by atoms with van der Waals surface area (Å²) < 4.78 is 0. The van der Waals surface area contributed by atoms with E-state index in [0.717, 1.165) is 11.5 Å². The summed E-state index contributed by atoms with van der Waals surface area (Å²) in [4.78, 5) is 0.604. The molecule has 0 radical (unpaired) electrons.